The van der Waals surface area contributed by atoms with Crippen LogP contribution >= 0.6 is 15.9 Å². The lowest BCUT2D eigenvalue weighted by Crippen LogP contribution is -1.96. The van der Waals surface area contributed by atoms with Gasteiger partial charge >= 0.3 is 0 Å². The highest BCUT2D eigenvalue weighted by Crippen LogP contribution is 2.21. The average molecular weight is 281 g/mol. The van der Waals surface area contributed by atoms with Crippen molar-refractivity contribution in [1.82, 2.24) is 0 Å². The molecule has 0 amide bonds. The minimum atomic E-state index is 0.461. The molecule has 0 saturated carbocycles. The van der Waals surface area contributed by atoms with Crippen molar-refractivity contribution in [2.45, 2.75) is 20.0 Å². The second-order valence-electron chi connectivity index (χ2n) is 3.46. The zero-order chi connectivity index (χ0) is 11.4. The minimum Gasteiger partial charge on any atom is -0.485 e. The number of ether oxygens (including phenoxy) is 1. The summed E-state index contributed by atoms with van der Waals surface area (Å²) in [4.78, 5) is 0. The van der Waals surface area contributed by atoms with Crippen LogP contribution in [0.15, 0.2) is 45.5 Å². The Balaban J connectivity index is 2.04. The summed E-state index contributed by atoms with van der Waals surface area (Å²) in [6.07, 6.45) is 0.970. The largest absolute Gasteiger partial charge is 0.485 e. The summed E-state index contributed by atoms with van der Waals surface area (Å²) in [6, 6.07) is 11.8. The van der Waals surface area contributed by atoms with Crippen LogP contribution in [0.5, 0.6) is 5.75 Å². The van der Waals surface area contributed by atoms with Crippen molar-refractivity contribution in [3.8, 4) is 5.75 Å². The molecule has 1 aromatic heterocycles. The molecule has 0 spiro atoms. The van der Waals surface area contributed by atoms with Gasteiger partial charge in [0.05, 0.1) is 0 Å². The fourth-order valence-corrected chi connectivity index (χ4v) is 1.86. The number of benzene rings is 1. The molecule has 0 aliphatic heterocycles. The fraction of sp³-hybridized carbons (Fsp3) is 0.231. The van der Waals surface area contributed by atoms with E-state index in [9.17, 15) is 0 Å². The lowest BCUT2D eigenvalue weighted by molar-refractivity contribution is 0.265. The molecule has 0 radical (unpaired) electrons. The molecule has 3 heteroatoms. The van der Waals surface area contributed by atoms with Crippen LogP contribution in [0.3, 0.4) is 0 Å². The topological polar surface area (TPSA) is 22.4 Å². The number of rotatable bonds is 4. The van der Waals surface area contributed by atoms with E-state index in [-0.39, 0.29) is 0 Å². The van der Waals surface area contributed by atoms with E-state index >= 15 is 0 Å². The average Bonchev–Trinajstić information content (AvgIpc) is 2.73. The van der Waals surface area contributed by atoms with Gasteiger partial charge in [0.2, 0.25) is 0 Å². The molecule has 0 bridgehead atoms. The Hall–Kier alpha value is -1.22. The highest BCUT2D eigenvalue weighted by molar-refractivity contribution is 9.10. The zero-order valence-corrected chi connectivity index (χ0v) is 10.7. The maximum atomic E-state index is 5.71. The van der Waals surface area contributed by atoms with E-state index in [4.69, 9.17) is 9.15 Å². The van der Waals surface area contributed by atoms with Gasteiger partial charge in [-0.15, -0.1) is 0 Å². The quantitative estimate of drug-likeness (QED) is 0.838. The van der Waals surface area contributed by atoms with Crippen molar-refractivity contribution in [2.24, 2.45) is 0 Å². The molecular weight excluding hydrogens is 268 g/mol. The fourth-order valence-electron chi connectivity index (χ4n) is 1.51. The Labute approximate surface area is 103 Å². The van der Waals surface area contributed by atoms with Crippen LogP contribution in [-0.2, 0) is 13.0 Å². The summed E-state index contributed by atoms with van der Waals surface area (Å²) in [6.45, 7) is 2.58. The van der Waals surface area contributed by atoms with Gasteiger partial charge in [0, 0.05) is 0 Å². The smallest absolute Gasteiger partial charge is 0.169 e. The van der Waals surface area contributed by atoms with E-state index in [0.717, 1.165) is 22.6 Å². The van der Waals surface area contributed by atoms with Crippen LogP contribution in [0.25, 0.3) is 0 Å². The maximum absolute atomic E-state index is 5.71. The van der Waals surface area contributed by atoms with Gasteiger partial charge in [-0.25, -0.2) is 0 Å². The number of aryl methyl sites for hydroxylation is 1. The van der Waals surface area contributed by atoms with E-state index in [1.54, 1.807) is 0 Å². The van der Waals surface area contributed by atoms with E-state index in [0.29, 0.717) is 6.61 Å². The third-order valence-corrected chi connectivity index (χ3v) is 2.78. The molecule has 1 heterocycles. The summed E-state index contributed by atoms with van der Waals surface area (Å²) in [7, 11) is 0. The van der Waals surface area contributed by atoms with Crippen molar-refractivity contribution >= 4 is 15.9 Å². The van der Waals surface area contributed by atoms with Crippen molar-refractivity contribution in [3.05, 3.63) is 52.4 Å². The molecule has 2 nitrogen and oxygen atoms in total. The summed E-state index contributed by atoms with van der Waals surface area (Å²) in [5.41, 5.74) is 1.22. The Morgan fingerprint density at radius 3 is 2.69 bits per heavy atom. The van der Waals surface area contributed by atoms with Gasteiger partial charge in [-0.2, -0.15) is 0 Å². The third kappa shape index (κ3) is 2.67. The number of hydrogen-bond donors (Lipinski definition) is 0. The molecule has 0 aliphatic carbocycles. The standard InChI is InChI=1S/C13H13BrO2/c1-2-10-5-3-4-6-12(10)15-9-11-7-8-13(14)16-11/h3-8H,2,9H2,1H3. The molecule has 0 aliphatic rings. The first-order valence-electron chi connectivity index (χ1n) is 5.24. The van der Waals surface area contributed by atoms with Gasteiger partial charge in [-0.3, -0.25) is 0 Å². The van der Waals surface area contributed by atoms with Crippen LogP contribution in [0.2, 0.25) is 0 Å². The SMILES string of the molecule is CCc1ccccc1OCc1ccc(Br)o1. The molecule has 0 atom stereocenters. The van der Waals surface area contributed by atoms with E-state index in [1.807, 2.05) is 30.3 Å². The highest BCUT2D eigenvalue weighted by atomic mass is 79.9. The lowest BCUT2D eigenvalue weighted by atomic mass is 10.1. The number of halogens is 1. The van der Waals surface area contributed by atoms with E-state index in [2.05, 4.69) is 28.9 Å². The van der Waals surface area contributed by atoms with Crippen molar-refractivity contribution in [3.63, 3.8) is 0 Å². The zero-order valence-electron chi connectivity index (χ0n) is 9.07. The molecule has 0 fully saturated rings. The third-order valence-electron chi connectivity index (χ3n) is 2.35. The predicted molar refractivity (Wildman–Crippen MR) is 66.6 cm³/mol. The summed E-state index contributed by atoms with van der Waals surface area (Å²) < 4.78 is 11.8. The first-order chi connectivity index (χ1) is 7.79. The number of furan rings is 1. The predicted octanol–water partition coefficient (Wildman–Crippen LogP) is 4.18. The van der Waals surface area contributed by atoms with Crippen LogP contribution in [0.1, 0.15) is 18.2 Å². The molecule has 0 saturated heterocycles. The molecule has 2 rings (SSSR count). The van der Waals surface area contributed by atoms with Crippen molar-refractivity contribution in [1.29, 1.82) is 0 Å². The molecule has 84 valence electrons. The second kappa shape index (κ2) is 5.21. The Morgan fingerprint density at radius 1 is 1.19 bits per heavy atom. The van der Waals surface area contributed by atoms with E-state index in [1.165, 1.54) is 5.56 Å². The van der Waals surface area contributed by atoms with Crippen molar-refractivity contribution < 1.29 is 9.15 Å². The molecule has 16 heavy (non-hydrogen) atoms. The van der Waals surface area contributed by atoms with Gasteiger partial charge in [-0.1, -0.05) is 25.1 Å². The molecule has 1 aromatic carbocycles. The van der Waals surface area contributed by atoms with Gasteiger partial charge < -0.3 is 9.15 Å². The highest BCUT2D eigenvalue weighted by Gasteiger charge is 2.03. The Morgan fingerprint density at radius 2 is 2.00 bits per heavy atom. The summed E-state index contributed by atoms with van der Waals surface area (Å²) in [5, 5.41) is 0. The lowest BCUT2D eigenvalue weighted by Gasteiger charge is -2.08. The van der Waals surface area contributed by atoms with Crippen LogP contribution < -0.4 is 4.74 Å². The second-order valence-corrected chi connectivity index (χ2v) is 4.24. The van der Waals surface area contributed by atoms with Crippen LogP contribution in [0, 0.1) is 0 Å². The van der Waals surface area contributed by atoms with E-state index < -0.39 is 0 Å². The first kappa shape index (κ1) is 11.3. The first-order valence-corrected chi connectivity index (χ1v) is 6.04. The minimum absolute atomic E-state index is 0.461. The maximum Gasteiger partial charge on any atom is 0.169 e. The Kier molecular flexibility index (Phi) is 3.67. The van der Waals surface area contributed by atoms with Gasteiger partial charge in [-0.05, 0) is 46.1 Å². The number of para-hydroxylation sites is 1. The normalized spacial score (nSPS) is 10.4. The van der Waals surface area contributed by atoms with Gasteiger partial charge in [0.15, 0.2) is 4.67 Å². The molecule has 2 aromatic rings. The molecule has 0 unspecified atom stereocenters. The van der Waals surface area contributed by atoms with Crippen LogP contribution in [-0.4, -0.2) is 0 Å². The number of hydrogen-bond acceptors (Lipinski definition) is 2. The Bertz CT molecular complexity index is 462. The monoisotopic (exact) mass is 280 g/mol. The van der Waals surface area contributed by atoms with Crippen molar-refractivity contribution in [2.75, 3.05) is 0 Å². The summed E-state index contributed by atoms with van der Waals surface area (Å²) in [5.74, 6) is 1.75. The molecule has 0 N–H and O–H groups in total. The summed E-state index contributed by atoms with van der Waals surface area (Å²) >= 11 is 3.26. The molecular formula is C13H13BrO2. The van der Waals surface area contributed by atoms with Crippen LogP contribution in [0.4, 0.5) is 0 Å². The van der Waals surface area contributed by atoms with Gasteiger partial charge in [0.25, 0.3) is 0 Å². The van der Waals surface area contributed by atoms with Gasteiger partial charge in [0.1, 0.15) is 18.1 Å².